The van der Waals surface area contributed by atoms with Crippen LogP contribution in [0.1, 0.15) is 207 Å². The van der Waals surface area contributed by atoms with Crippen molar-refractivity contribution in [3.63, 3.8) is 0 Å². The Morgan fingerprint density at radius 2 is 1.00 bits per heavy atom. The summed E-state index contributed by atoms with van der Waals surface area (Å²) in [5.74, 6) is -0.524. The van der Waals surface area contributed by atoms with Gasteiger partial charge in [-0.15, -0.1) is 0 Å². The highest BCUT2D eigenvalue weighted by Crippen LogP contribution is 2.17. The molecule has 0 aromatic heterocycles. The number of rotatable bonds is 39. The van der Waals surface area contributed by atoms with Crippen LogP contribution in [-0.2, 0) is 14.3 Å². The fourth-order valence-corrected chi connectivity index (χ4v) is 6.48. The molecule has 54 heavy (non-hydrogen) atoms. The number of aliphatic hydroxyl groups is 2. The van der Waals surface area contributed by atoms with Gasteiger partial charge in [0.15, 0.2) is 0 Å². The highest BCUT2D eigenvalue weighted by molar-refractivity contribution is 5.77. The van der Waals surface area contributed by atoms with Crippen LogP contribution in [0, 0.1) is 0 Å². The normalized spacial score (nSPS) is 13.9. The average Bonchev–Trinajstić information content (AvgIpc) is 3.16. The van der Waals surface area contributed by atoms with E-state index in [1.54, 1.807) is 0 Å². The van der Waals surface area contributed by atoms with E-state index in [0.29, 0.717) is 19.3 Å². The first-order valence-electron chi connectivity index (χ1n) is 22.6. The first-order valence-corrected chi connectivity index (χ1v) is 22.6. The van der Waals surface area contributed by atoms with Gasteiger partial charge in [0.25, 0.3) is 0 Å². The van der Waals surface area contributed by atoms with Crippen LogP contribution in [0.2, 0.25) is 0 Å². The number of aliphatic hydroxyl groups excluding tert-OH is 2. The number of hydrogen-bond acceptors (Lipinski definition) is 5. The third kappa shape index (κ3) is 36.5. The highest BCUT2D eigenvalue weighted by atomic mass is 16.5. The number of ether oxygens (including phenoxy) is 1. The Kier molecular flexibility index (Phi) is 39.8. The molecule has 3 atom stereocenters. The van der Waals surface area contributed by atoms with Crippen LogP contribution in [0.15, 0.2) is 60.8 Å². The first kappa shape index (κ1) is 51.6. The predicted octanol–water partition coefficient (Wildman–Crippen LogP) is 12.9. The number of carbonyl (C=O) groups is 2. The monoisotopic (exact) mass is 756 g/mol. The molecule has 0 rings (SSSR count). The Labute approximate surface area is 333 Å². The topological polar surface area (TPSA) is 95.9 Å². The SMILES string of the molecule is CC/C=C/C=C/C=C\CCCCCCCC(=O)OC(CCCCCC/C=C/C=C/CCCCC)CC(=O)NC(CO)C(O)CCCCCCCCCCC. The number of amides is 1. The number of hydrogen-bond donors (Lipinski definition) is 3. The molecule has 3 N–H and O–H groups in total. The van der Waals surface area contributed by atoms with E-state index >= 15 is 0 Å². The fraction of sp³-hybridized carbons (Fsp3) is 0.750. The van der Waals surface area contributed by atoms with Gasteiger partial charge >= 0.3 is 5.97 Å². The van der Waals surface area contributed by atoms with E-state index in [2.05, 4.69) is 86.8 Å². The summed E-state index contributed by atoms with van der Waals surface area (Å²) in [5, 5.41) is 23.6. The first-order chi connectivity index (χ1) is 26.5. The van der Waals surface area contributed by atoms with E-state index in [-0.39, 0.29) is 24.9 Å². The number of esters is 1. The van der Waals surface area contributed by atoms with Crippen molar-refractivity contribution in [3.05, 3.63) is 60.8 Å². The number of nitrogens with one attached hydrogen (secondary N) is 1. The molecule has 0 heterocycles. The fourth-order valence-electron chi connectivity index (χ4n) is 6.48. The van der Waals surface area contributed by atoms with Gasteiger partial charge in [0.1, 0.15) is 6.10 Å². The Bertz CT molecular complexity index is 984. The molecule has 0 aliphatic heterocycles. The van der Waals surface area contributed by atoms with E-state index in [1.165, 1.54) is 57.8 Å². The lowest BCUT2D eigenvalue weighted by Gasteiger charge is -2.24. The zero-order valence-electron chi connectivity index (χ0n) is 35.3. The Balaban J connectivity index is 4.69. The summed E-state index contributed by atoms with van der Waals surface area (Å²) in [6, 6.07) is -0.711. The summed E-state index contributed by atoms with van der Waals surface area (Å²) in [4.78, 5) is 26.0. The van der Waals surface area contributed by atoms with E-state index in [1.807, 2.05) is 0 Å². The zero-order chi connectivity index (χ0) is 39.6. The third-order valence-electron chi connectivity index (χ3n) is 9.92. The second kappa shape index (κ2) is 41.7. The quantitative estimate of drug-likeness (QED) is 0.0330. The third-order valence-corrected chi connectivity index (χ3v) is 9.92. The molecular formula is C48H85NO5. The Morgan fingerprint density at radius 3 is 1.56 bits per heavy atom. The second-order valence-corrected chi connectivity index (χ2v) is 15.2. The van der Waals surface area contributed by atoms with Crippen molar-refractivity contribution < 1.29 is 24.5 Å². The van der Waals surface area contributed by atoms with Gasteiger partial charge in [-0.1, -0.05) is 184 Å². The van der Waals surface area contributed by atoms with Crippen molar-refractivity contribution in [3.8, 4) is 0 Å². The standard InChI is InChI=1S/C48H85NO5/c1-4-7-10-13-16-19-21-23-25-28-30-33-36-39-44(54-48(53)41-38-35-32-29-26-24-22-20-17-14-11-8-5-2)42-47(52)49-45(43-50)46(51)40-37-34-31-27-18-15-12-9-6-3/h8,11,14,16-17,19-23,44-46,50-51H,4-7,9-10,12-13,15,18,24-43H2,1-3H3,(H,49,52)/b11-8+,17-14+,19-16+,22-20-,23-21+. The smallest absolute Gasteiger partial charge is 0.306 e. The summed E-state index contributed by atoms with van der Waals surface area (Å²) < 4.78 is 5.88. The van der Waals surface area contributed by atoms with Gasteiger partial charge < -0.3 is 20.3 Å². The number of allylic oxidation sites excluding steroid dienone is 10. The molecule has 0 spiro atoms. The van der Waals surface area contributed by atoms with Crippen LogP contribution in [0.5, 0.6) is 0 Å². The Hall–Kier alpha value is -2.44. The molecule has 3 unspecified atom stereocenters. The minimum absolute atomic E-state index is 0.0535. The van der Waals surface area contributed by atoms with E-state index in [9.17, 15) is 19.8 Å². The number of carbonyl (C=O) groups excluding carboxylic acids is 2. The highest BCUT2D eigenvalue weighted by Gasteiger charge is 2.24. The summed E-state index contributed by atoms with van der Waals surface area (Å²) in [6.07, 6.45) is 49.9. The van der Waals surface area contributed by atoms with E-state index in [4.69, 9.17) is 4.74 Å². The molecule has 0 saturated carbocycles. The van der Waals surface area contributed by atoms with Gasteiger partial charge in [-0.2, -0.15) is 0 Å². The largest absolute Gasteiger partial charge is 0.462 e. The maximum Gasteiger partial charge on any atom is 0.306 e. The Morgan fingerprint density at radius 1 is 0.556 bits per heavy atom. The summed E-state index contributed by atoms with van der Waals surface area (Å²) >= 11 is 0. The molecule has 0 radical (unpaired) electrons. The molecule has 312 valence electrons. The van der Waals surface area contributed by atoms with Crippen LogP contribution in [0.3, 0.4) is 0 Å². The molecule has 0 fully saturated rings. The van der Waals surface area contributed by atoms with Crippen molar-refractivity contribution >= 4 is 11.9 Å². The molecule has 0 aliphatic rings. The van der Waals surface area contributed by atoms with Crippen LogP contribution in [-0.4, -0.2) is 46.9 Å². The van der Waals surface area contributed by atoms with Gasteiger partial charge in [-0.05, 0) is 70.6 Å². The molecule has 0 aromatic carbocycles. The predicted molar refractivity (Wildman–Crippen MR) is 232 cm³/mol. The second-order valence-electron chi connectivity index (χ2n) is 15.2. The minimum Gasteiger partial charge on any atom is -0.462 e. The van der Waals surface area contributed by atoms with Crippen molar-refractivity contribution in [2.45, 2.75) is 225 Å². The van der Waals surface area contributed by atoms with Gasteiger partial charge in [0, 0.05) is 6.42 Å². The maximum absolute atomic E-state index is 13.1. The van der Waals surface area contributed by atoms with Crippen LogP contribution < -0.4 is 5.32 Å². The van der Waals surface area contributed by atoms with Gasteiger partial charge in [0.2, 0.25) is 5.91 Å². The minimum atomic E-state index is -0.795. The van der Waals surface area contributed by atoms with Crippen LogP contribution in [0.4, 0.5) is 0 Å². The molecule has 0 saturated heterocycles. The van der Waals surface area contributed by atoms with Crippen LogP contribution in [0.25, 0.3) is 0 Å². The van der Waals surface area contributed by atoms with E-state index < -0.39 is 18.2 Å². The molecule has 0 bridgehead atoms. The van der Waals surface area contributed by atoms with Gasteiger partial charge in [-0.25, -0.2) is 0 Å². The molecule has 6 nitrogen and oxygen atoms in total. The van der Waals surface area contributed by atoms with E-state index in [0.717, 1.165) is 103 Å². The lowest BCUT2D eigenvalue weighted by atomic mass is 10.0. The zero-order valence-corrected chi connectivity index (χ0v) is 35.3. The summed E-state index contributed by atoms with van der Waals surface area (Å²) in [5.41, 5.74) is 0. The van der Waals surface area contributed by atoms with Crippen LogP contribution >= 0.6 is 0 Å². The van der Waals surface area contributed by atoms with Gasteiger partial charge in [-0.3, -0.25) is 9.59 Å². The molecular weight excluding hydrogens is 671 g/mol. The van der Waals surface area contributed by atoms with Crippen molar-refractivity contribution in [2.24, 2.45) is 0 Å². The number of unbranched alkanes of at least 4 members (excludes halogenated alkanes) is 20. The average molecular weight is 756 g/mol. The summed E-state index contributed by atoms with van der Waals surface area (Å²) in [7, 11) is 0. The lowest BCUT2D eigenvalue weighted by Crippen LogP contribution is -2.46. The molecule has 6 heteroatoms. The maximum atomic E-state index is 13.1. The van der Waals surface area contributed by atoms with Crippen molar-refractivity contribution in [1.29, 1.82) is 0 Å². The molecule has 0 aromatic rings. The molecule has 0 aliphatic carbocycles. The van der Waals surface area contributed by atoms with Crippen molar-refractivity contribution in [2.75, 3.05) is 6.61 Å². The van der Waals surface area contributed by atoms with Crippen molar-refractivity contribution in [1.82, 2.24) is 5.32 Å². The summed E-state index contributed by atoms with van der Waals surface area (Å²) in [6.45, 7) is 6.27. The van der Waals surface area contributed by atoms with Gasteiger partial charge in [0.05, 0.1) is 25.2 Å². The molecule has 1 amide bonds. The lowest BCUT2D eigenvalue weighted by molar-refractivity contribution is -0.151.